The number of halogens is 3. The number of carboxylic acid groups (broad SMARTS) is 1. The summed E-state index contributed by atoms with van der Waals surface area (Å²) in [4.78, 5) is 23.5. The quantitative estimate of drug-likeness (QED) is 0.849. The van der Waals surface area contributed by atoms with E-state index in [-0.39, 0.29) is 17.9 Å². The van der Waals surface area contributed by atoms with E-state index in [2.05, 4.69) is 0 Å². The average Bonchev–Trinajstić information content (AvgIpc) is 2.46. The van der Waals surface area contributed by atoms with E-state index in [1.807, 2.05) is 0 Å². The molecule has 1 aromatic carbocycles. The van der Waals surface area contributed by atoms with Crippen LogP contribution >= 0.6 is 0 Å². The summed E-state index contributed by atoms with van der Waals surface area (Å²) >= 11 is 0. The predicted molar refractivity (Wildman–Crippen MR) is 73.5 cm³/mol. The fourth-order valence-corrected chi connectivity index (χ4v) is 3.10. The second-order valence-electron chi connectivity index (χ2n) is 5.66. The molecule has 0 heterocycles. The Morgan fingerprint density at radius 1 is 1.14 bits per heavy atom. The lowest BCUT2D eigenvalue weighted by molar-refractivity contribution is -0.145. The van der Waals surface area contributed by atoms with Gasteiger partial charge in [0.05, 0.1) is 11.5 Å². The minimum Gasteiger partial charge on any atom is -0.481 e. The molecule has 6 heteroatoms. The van der Waals surface area contributed by atoms with Gasteiger partial charge in [-0.2, -0.15) is 13.2 Å². The Hall–Kier alpha value is -1.85. The van der Waals surface area contributed by atoms with Crippen molar-refractivity contribution in [1.82, 2.24) is 0 Å². The van der Waals surface area contributed by atoms with Crippen LogP contribution in [0.4, 0.5) is 13.2 Å². The molecule has 0 saturated heterocycles. The number of alkyl halides is 3. The molecule has 1 aromatic rings. The van der Waals surface area contributed by atoms with Crippen LogP contribution in [-0.2, 0) is 11.0 Å². The van der Waals surface area contributed by atoms with E-state index in [1.165, 1.54) is 12.1 Å². The standard InChI is InChI=1S/C16H17F3O3/c17-16(18,19)13-8-4-3-7-12(13)14(20)9-10-5-1-2-6-11(10)15(21)22/h3-4,7-8,10-11H,1-2,5-6,9H2,(H,21,22)/t10-,11-/m0/s1. The maximum absolute atomic E-state index is 12.9. The molecule has 2 atom stereocenters. The highest BCUT2D eigenvalue weighted by Gasteiger charge is 2.37. The van der Waals surface area contributed by atoms with Gasteiger partial charge in [0, 0.05) is 12.0 Å². The van der Waals surface area contributed by atoms with E-state index < -0.39 is 29.4 Å². The first-order valence-electron chi connectivity index (χ1n) is 7.23. The van der Waals surface area contributed by atoms with Gasteiger partial charge < -0.3 is 5.11 Å². The maximum Gasteiger partial charge on any atom is 0.417 e. The molecule has 0 amide bonds. The van der Waals surface area contributed by atoms with Crippen molar-refractivity contribution in [2.24, 2.45) is 11.8 Å². The first-order chi connectivity index (χ1) is 10.3. The van der Waals surface area contributed by atoms with Crippen molar-refractivity contribution in [3.8, 4) is 0 Å². The number of rotatable bonds is 4. The van der Waals surface area contributed by atoms with Crippen molar-refractivity contribution in [3.63, 3.8) is 0 Å². The molecule has 0 bridgehead atoms. The highest BCUT2D eigenvalue weighted by atomic mass is 19.4. The molecule has 3 nitrogen and oxygen atoms in total. The smallest absolute Gasteiger partial charge is 0.417 e. The molecule has 1 aliphatic rings. The van der Waals surface area contributed by atoms with E-state index in [9.17, 15) is 27.9 Å². The summed E-state index contributed by atoms with van der Waals surface area (Å²) < 4.78 is 38.8. The molecule has 2 rings (SSSR count). The van der Waals surface area contributed by atoms with Gasteiger partial charge in [0.15, 0.2) is 5.78 Å². The van der Waals surface area contributed by atoms with Crippen LogP contribution in [0.1, 0.15) is 48.0 Å². The molecular formula is C16H17F3O3. The van der Waals surface area contributed by atoms with Crippen molar-refractivity contribution in [3.05, 3.63) is 35.4 Å². The summed E-state index contributed by atoms with van der Waals surface area (Å²) in [6.45, 7) is 0. The topological polar surface area (TPSA) is 54.4 Å². The normalized spacial score (nSPS) is 22.3. The largest absolute Gasteiger partial charge is 0.481 e. The Bertz CT molecular complexity index is 566. The van der Waals surface area contributed by atoms with E-state index in [0.29, 0.717) is 12.8 Å². The fraction of sp³-hybridized carbons (Fsp3) is 0.500. The van der Waals surface area contributed by atoms with Crippen LogP contribution in [0.2, 0.25) is 0 Å². The molecule has 22 heavy (non-hydrogen) atoms. The lowest BCUT2D eigenvalue weighted by atomic mass is 9.76. The Labute approximate surface area is 126 Å². The zero-order valence-corrected chi connectivity index (χ0v) is 11.9. The SMILES string of the molecule is O=C(C[C@@H]1CCCC[C@@H]1C(=O)O)c1ccccc1C(F)(F)F. The molecular weight excluding hydrogens is 297 g/mol. The third-order valence-corrected chi connectivity index (χ3v) is 4.21. The van der Waals surface area contributed by atoms with Crippen LogP contribution in [0.25, 0.3) is 0 Å². The number of carbonyl (C=O) groups is 2. The van der Waals surface area contributed by atoms with Crippen LogP contribution in [0, 0.1) is 11.8 Å². The van der Waals surface area contributed by atoms with Gasteiger partial charge in [-0.05, 0) is 24.8 Å². The van der Waals surface area contributed by atoms with Gasteiger partial charge in [-0.25, -0.2) is 0 Å². The van der Waals surface area contributed by atoms with Gasteiger partial charge in [-0.15, -0.1) is 0 Å². The third kappa shape index (κ3) is 3.67. The van der Waals surface area contributed by atoms with E-state index >= 15 is 0 Å². The van der Waals surface area contributed by atoms with Crippen LogP contribution in [-0.4, -0.2) is 16.9 Å². The van der Waals surface area contributed by atoms with E-state index in [1.54, 1.807) is 0 Å². The summed E-state index contributed by atoms with van der Waals surface area (Å²) in [6, 6.07) is 4.66. The zero-order valence-electron chi connectivity index (χ0n) is 11.9. The van der Waals surface area contributed by atoms with E-state index in [4.69, 9.17) is 0 Å². The average molecular weight is 314 g/mol. The lowest BCUT2D eigenvalue weighted by Gasteiger charge is -2.28. The molecule has 120 valence electrons. The highest BCUT2D eigenvalue weighted by Crippen LogP contribution is 2.36. The van der Waals surface area contributed by atoms with Crippen molar-refractivity contribution >= 4 is 11.8 Å². The number of benzene rings is 1. The van der Waals surface area contributed by atoms with Crippen molar-refractivity contribution in [2.45, 2.75) is 38.3 Å². The van der Waals surface area contributed by atoms with Crippen LogP contribution in [0.15, 0.2) is 24.3 Å². The van der Waals surface area contributed by atoms with Crippen LogP contribution in [0.3, 0.4) is 0 Å². The van der Waals surface area contributed by atoms with Crippen molar-refractivity contribution < 1.29 is 27.9 Å². The molecule has 1 N–H and O–H groups in total. The van der Waals surface area contributed by atoms with Crippen LogP contribution < -0.4 is 0 Å². The van der Waals surface area contributed by atoms with Crippen LogP contribution in [0.5, 0.6) is 0 Å². The lowest BCUT2D eigenvalue weighted by Crippen LogP contribution is -2.29. The number of Topliss-reactive ketones (excluding diaryl/α,β-unsaturated/α-hetero) is 1. The summed E-state index contributed by atoms with van der Waals surface area (Å²) in [6.07, 6.45) is -2.11. The first kappa shape index (κ1) is 16.5. The predicted octanol–water partition coefficient (Wildman–Crippen LogP) is 4.17. The summed E-state index contributed by atoms with van der Waals surface area (Å²) in [5.74, 6) is -2.64. The molecule has 0 unspecified atom stereocenters. The molecule has 0 aliphatic heterocycles. The molecule has 1 aliphatic carbocycles. The Morgan fingerprint density at radius 2 is 1.77 bits per heavy atom. The maximum atomic E-state index is 12.9. The minimum absolute atomic E-state index is 0.149. The van der Waals surface area contributed by atoms with E-state index in [0.717, 1.165) is 25.0 Å². The fourth-order valence-electron chi connectivity index (χ4n) is 3.10. The monoisotopic (exact) mass is 314 g/mol. The third-order valence-electron chi connectivity index (χ3n) is 4.21. The summed E-state index contributed by atoms with van der Waals surface area (Å²) in [5, 5.41) is 9.18. The van der Waals surface area contributed by atoms with Crippen molar-refractivity contribution in [2.75, 3.05) is 0 Å². The number of hydrogen-bond acceptors (Lipinski definition) is 2. The number of carbonyl (C=O) groups excluding carboxylic acids is 1. The molecule has 0 spiro atoms. The minimum atomic E-state index is -4.59. The Balaban J connectivity index is 2.20. The van der Waals surface area contributed by atoms with Gasteiger partial charge >= 0.3 is 12.1 Å². The second-order valence-corrected chi connectivity index (χ2v) is 5.66. The summed E-state index contributed by atoms with van der Waals surface area (Å²) in [7, 11) is 0. The Kier molecular flexibility index (Phi) is 4.88. The summed E-state index contributed by atoms with van der Waals surface area (Å²) in [5.41, 5.74) is -1.33. The number of ketones is 1. The molecule has 0 radical (unpaired) electrons. The van der Waals surface area contributed by atoms with Gasteiger partial charge in [0.1, 0.15) is 0 Å². The first-order valence-corrected chi connectivity index (χ1v) is 7.23. The Morgan fingerprint density at radius 3 is 2.41 bits per heavy atom. The molecule has 1 saturated carbocycles. The second kappa shape index (κ2) is 6.50. The molecule has 0 aromatic heterocycles. The van der Waals surface area contributed by atoms with Gasteiger partial charge in [0.25, 0.3) is 0 Å². The zero-order chi connectivity index (χ0) is 16.3. The van der Waals surface area contributed by atoms with Gasteiger partial charge in [-0.1, -0.05) is 31.0 Å². The van der Waals surface area contributed by atoms with Gasteiger partial charge in [-0.3, -0.25) is 9.59 Å². The number of hydrogen-bond donors (Lipinski definition) is 1. The number of aliphatic carboxylic acids is 1. The highest BCUT2D eigenvalue weighted by molar-refractivity contribution is 5.98. The van der Waals surface area contributed by atoms with Crippen molar-refractivity contribution in [1.29, 1.82) is 0 Å². The number of carboxylic acids is 1. The molecule has 1 fully saturated rings. The van der Waals surface area contributed by atoms with Gasteiger partial charge in [0.2, 0.25) is 0 Å².